The van der Waals surface area contributed by atoms with Gasteiger partial charge >= 0.3 is 5.76 Å². The fourth-order valence-electron chi connectivity index (χ4n) is 2.14. The number of nitrogens with one attached hydrogen (secondary N) is 2. The van der Waals surface area contributed by atoms with Crippen LogP contribution in [0.1, 0.15) is 5.56 Å². The summed E-state index contributed by atoms with van der Waals surface area (Å²) in [5, 5.41) is 3.92. The smallest absolute Gasteiger partial charge is 0.417 e. The predicted molar refractivity (Wildman–Crippen MR) is 82.2 cm³/mol. The molecule has 1 heterocycles. The molecule has 1 aromatic heterocycles. The molecule has 0 aliphatic carbocycles. The van der Waals surface area contributed by atoms with Gasteiger partial charge in [-0.05, 0) is 36.4 Å². The second-order valence-corrected chi connectivity index (χ2v) is 4.97. The first-order valence-electron chi connectivity index (χ1n) is 6.35. The van der Waals surface area contributed by atoms with Gasteiger partial charge in [0, 0.05) is 22.8 Å². The summed E-state index contributed by atoms with van der Waals surface area (Å²) in [6, 6.07) is 10.9. The largest absolute Gasteiger partial charge is 0.496 e. The number of hydrogen-bond donors (Lipinski definition) is 2. The number of ether oxygens (including phenoxy) is 1. The Kier molecular flexibility index (Phi) is 3.58. The molecule has 0 fully saturated rings. The summed E-state index contributed by atoms with van der Waals surface area (Å²) in [7, 11) is 1.62. The van der Waals surface area contributed by atoms with E-state index in [1.807, 2.05) is 24.3 Å². The fraction of sp³-hybridized carbons (Fsp3) is 0.133. The number of aromatic amines is 1. The molecular weight excluding hydrogens is 292 g/mol. The van der Waals surface area contributed by atoms with Crippen LogP contribution in [0.15, 0.2) is 45.6 Å². The van der Waals surface area contributed by atoms with E-state index in [2.05, 4.69) is 10.3 Å². The van der Waals surface area contributed by atoms with Gasteiger partial charge in [0.05, 0.1) is 12.6 Å². The fourth-order valence-corrected chi connectivity index (χ4v) is 2.34. The zero-order valence-corrected chi connectivity index (χ0v) is 12.0. The number of benzene rings is 2. The summed E-state index contributed by atoms with van der Waals surface area (Å²) >= 11 is 6.00. The Balaban J connectivity index is 1.82. The van der Waals surface area contributed by atoms with E-state index in [0.29, 0.717) is 22.7 Å². The summed E-state index contributed by atoms with van der Waals surface area (Å²) < 4.78 is 10.3. The lowest BCUT2D eigenvalue weighted by molar-refractivity contribution is 0.410. The van der Waals surface area contributed by atoms with E-state index >= 15 is 0 Å². The number of fused-ring (bicyclic) bond motifs is 1. The first-order valence-corrected chi connectivity index (χ1v) is 6.72. The Labute approximate surface area is 125 Å². The number of aromatic nitrogens is 1. The minimum atomic E-state index is -0.460. The molecule has 21 heavy (non-hydrogen) atoms. The summed E-state index contributed by atoms with van der Waals surface area (Å²) in [5.41, 5.74) is 3.00. The molecule has 6 heteroatoms. The van der Waals surface area contributed by atoms with Crippen LogP contribution in [0, 0.1) is 0 Å². The molecule has 0 saturated heterocycles. The quantitative estimate of drug-likeness (QED) is 0.775. The van der Waals surface area contributed by atoms with Crippen molar-refractivity contribution < 1.29 is 9.15 Å². The van der Waals surface area contributed by atoms with Gasteiger partial charge in [-0.15, -0.1) is 0 Å². The van der Waals surface area contributed by atoms with Crippen molar-refractivity contribution in [2.24, 2.45) is 0 Å². The van der Waals surface area contributed by atoms with Crippen molar-refractivity contribution in [1.29, 1.82) is 0 Å². The molecule has 0 bridgehead atoms. The molecule has 0 atom stereocenters. The number of H-pyrrole nitrogens is 1. The molecule has 0 aliphatic heterocycles. The maximum Gasteiger partial charge on any atom is 0.417 e. The van der Waals surface area contributed by atoms with Gasteiger partial charge in [-0.1, -0.05) is 11.6 Å². The summed E-state index contributed by atoms with van der Waals surface area (Å²) in [5.74, 6) is 0.309. The summed E-state index contributed by atoms with van der Waals surface area (Å²) in [6.45, 7) is 0.553. The normalized spacial score (nSPS) is 10.8. The second-order valence-electron chi connectivity index (χ2n) is 4.54. The van der Waals surface area contributed by atoms with Crippen LogP contribution in [0.4, 0.5) is 5.69 Å². The Morgan fingerprint density at radius 1 is 1.29 bits per heavy atom. The van der Waals surface area contributed by atoms with Crippen LogP contribution < -0.4 is 15.8 Å². The van der Waals surface area contributed by atoms with Gasteiger partial charge in [-0.3, -0.25) is 4.98 Å². The van der Waals surface area contributed by atoms with Crippen molar-refractivity contribution in [3.05, 3.63) is 57.5 Å². The Morgan fingerprint density at radius 3 is 2.95 bits per heavy atom. The summed E-state index contributed by atoms with van der Waals surface area (Å²) in [4.78, 5) is 13.7. The van der Waals surface area contributed by atoms with Crippen molar-refractivity contribution in [2.75, 3.05) is 12.4 Å². The molecule has 108 valence electrons. The maximum atomic E-state index is 11.1. The minimum absolute atomic E-state index is 0.460. The third-order valence-corrected chi connectivity index (χ3v) is 3.38. The number of rotatable bonds is 4. The highest BCUT2D eigenvalue weighted by molar-refractivity contribution is 6.30. The standard InChI is InChI=1S/C15H13ClN2O3/c1-20-13-4-2-10(16)6-9(13)8-17-11-3-5-14-12(7-11)18-15(19)21-14/h2-7,17H,8H2,1H3,(H,18,19). The molecular formula is C15H13ClN2O3. The Bertz CT molecular complexity index is 838. The van der Waals surface area contributed by atoms with E-state index in [1.165, 1.54) is 0 Å². The molecule has 0 saturated carbocycles. The SMILES string of the molecule is COc1ccc(Cl)cc1CNc1ccc2oc(=O)[nH]c2c1. The molecule has 0 spiro atoms. The topological polar surface area (TPSA) is 67.3 Å². The van der Waals surface area contributed by atoms with Crippen LogP contribution in [-0.2, 0) is 6.54 Å². The van der Waals surface area contributed by atoms with Gasteiger partial charge in [-0.25, -0.2) is 4.79 Å². The van der Waals surface area contributed by atoms with E-state index in [1.54, 1.807) is 19.2 Å². The lowest BCUT2D eigenvalue weighted by atomic mass is 10.2. The average Bonchev–Trinajstić information content (AvgIpc) is 2.84. The van der Waals surface area contributed by atoms with Gasteiger partial charge in [-0.2, -0.15) is 0 Å². The van der Waals surface area contributed by atoms with Gasteiger partial charge < -0.3 is 14.5 Å². The molecule has 0 radical (unpaired) electrons. The molecule has 3 rings (SSSR count). The lowest BCUT2D eigenvalue weighted by Gasteiger charge is -2.11. The van der Waals surface area contributed by atoms with E-state index in [4.69, 9.17) is 20.8 Å². The van der Waals surface area contributed by atoms with Crippen LogP contribution in [0.2, 0.25) is 5.02 Å². The minimum Gasteiger partial charge on any atom is -0.496 e. The number of hydrogen-bond acceptors (Lipinski definition) is 4. The first-order chi connectivity index (χ1) is 10.2. The van der Waals surface area contributed by atoms with Crippen molar-refractivity contribution in [1.82, 2.24) is 4.98 Å². The van der Waals surface area contributed by atoms with Crippen LogP contribution in [0.25, 0.3) is 11.1 Å². The average molecular weight is 305 g/mol. The molecule has 0 amide bonds. The Morgan fingerprint density at radius 2 is 2.14 bits per heavy atom. The maximum absolute atomic E-state index is 11.1. The van der Waals surface area contributed by atoms with Crippen LogP contribution >= 0.6 is 11.6 Å². The van der Waals surface area contributed by atoms with Crippen molar-refractivity contribution >= 4 is 28.4 Å². The highest BCUT2D eigenvalue weighted by Crippen LogP contribution is 2.24. The van der Waals surface area contributed by atoms with Crippen LogP contribution in [-0.4, -0.2) is 12.1 Å². The van der Waals surface area contributed by atoms with Crippen molar-refractivity contribution in [3.63, 3.8) is 0 Å². The predicted octanol–water partition coefficient (Wildman–Crippen LogP) is 3.40. The Hall–Kier alpha value is -2.40. The molecule has 2 aromatic carbocycles. The third kappa shape index (κ3) is 2.87. The molecule has 0 aliphatic rings. The zero-order chi connectivity index (χ0) is 14.8. The molecule has 0 unspecified atom stereocenters. The molecule has 5 nitrogen and oxygen atoms in total. The number of oxazole rings is 1. The van der Waals surface area contributed by atoms with E-state index in [9.17, 15) is 4.79 Å². The second kappa shape index (κ2) is 5.54. The molecule has 2 N–H and O–H groups in total. The van der Waals surface area contributed by atoms with Gasteiger partial charge in [0.15, 0.2) is 5.58 Å². The van der Waals surface area contributed by atoms with E-state index in [-0.39, 0.29) is 0 Å². The van der Waals surface area contributed by atoms with E-state index < -0.39 is 5.76 Å². The van der Waals surface area contributed by atoms with Crippen molar-refractivity contribution in [2.45, 2.75) is 6.54 Å². The van der Waals surface area contributed by atoms with Gasteiger partial charge in [0.25, 0.3) is 0 Å². The van der Waals surface area contributed by atoms with E-state index in [0.717, 1.165) is 17.0 Å². The highest BCUT2D eigenvalue weighted by Gasteiger charge is 2.05. The first kappa shape index (κ1) is 13.6. The number of methoxy groups -OCH3 is 1. The number of halogens is 1. The third-order valence-electron chi connectivity index (χ3n) is 3.14. The highest BCUT2D eigenvalue weighted by atomic mass is 35.5. The van der Waals surface area contributed by atoms with Crippen molar-refractivity contribution in [3.8, 4) is 5.75 Å². The summed E-state index contributed by atoms with van der Waals surface area (Å²) in [6.07, 6.45) is 0. The molecule has 3 aromatic rings. The van der Waals surface area contributed by atoms with Gasteiger partial charge in [0.1, 0.15) is 5.75 Å². The zero-order valence-electron chi connectivity index (χ0n) is 11.3. The lowest BCUT2D eigenvalue weighted by Crippen LogP contribution is -2.01. The van der Waals surface area contributed by atoms with Crippen LogP contribution in [0.3, 0.4) is 0 Å². The number of anilines is 1. The monoisotopic (exact) mass is 304 g/mol. The van der Waals surface area contributed by atoms with Gasteiger partial charge in [0.2, 0.25) is 0 Å². The van der Waals surface area contributed by atoms with Crippen LogP contribution in [0.5, 0.6) is 5.75 Å².